The molecule has 3 heterocycles. The van der Waals surface area contributed by atoms with Crippen molar-refractivity contribution in [1.82, 2.24) is 14.8 Å². The van der Waals surface area contributed by atoms with Gasteiger partial charge < -0.3 is 14.8 Å². The van der Waals surface area contributed by atoms with E-state index in [2.05, 4.69) is 21.5 Å². The van der Waals surface area contributed by atoms with Gasteiger partial charge >= 0.3 is 0 Å². The first-order chi connectivity index (χ1) is 15.9. The minimum absolute atomic E-state index is 0.238. The Morgan fingerprint density at radius 1 is 1.09 bits per heavy atom. The SMILES string of the molecule is Cc1ccc(-c2nn(CC(=O)Nc3ccc4c(c3)OCCO4)c(=O)c3nc(C)sc23)c(C)c1. The molecule has 5 rings (SSSR count). The van der Waals surface area contributed by atoms with Crippen molar-refractivity contribution < 1.29 is 14.3 Å². The lowest BCUT2D eigenvalue weighted by atomic mass is 10.0. The van der Waals surface area contributed by atoms with E-state index in [1.165, 1.54) is 16.0 Å². The van der Waals surface area contributed by atoms with Crippen LogP contribution in [0.25, 0.3) is 21.5 Å². The molecule has 1 N–H and O–H groups in total. The summed E-state index contributed by atoms with van der Waals surface area (Å²) >= 11 is 1.43. The van der Waals surface area contributed by atoms with Crippen molar-refractivity contribution in [2.24, 2.45) is 0 Å². The summed E-state index contributed by atoms with van der Waals surface area (Å²) in [5.41, 5.74) is 4.24. The summed E-state index contributed by atoms with van der Waals surface area (Å²) in [7, 11) is 0. The zero-order chi connectivity index (χ0) is 23.1. The Kier molecular flexibility index (Phi) is 5.33. The first kappa shape index (κ1) is 21.1. The first-order valence-corrected chi connectivity index (χ1v) is 11.4. The van der Waals surface area contributed by atoms with E-state index in [9.17, 15) is 9.59 Å². The number of anilines is 1. The molecule has 33 heavy (non-hydrogen) atoms. The van der Waals surface area contributed by atoms with Crippen LogP contribution < -0.4 is 20.3 Å². The predicted octanol–water partition coefficient (Wildman–Crippen LogP) is 3.86. The number of ether oxygens (including phenoxy) is 2. The quantitative estimate of drug-likeness (QED) is 0.495. The average Bonchev–Trinajstić information content (AvgIpc) is 3.18. The van der Waals surface area contributed by atoms with Gasteiger partial charge in [-0.15, -0.1) is 11.3 Å². The molecule has 0 fully saturated rings. The van der Waals surface area contributed by atoms with Crippen LogP contribution in [-0.2, 0) is 11.3 Å². The van der Waals surface area contributed by atoms with Gasteiger partial charge in [0.05, 0.1) is 9.71 Å². The fraction of sp³-hybridized carbons (Fsp3) is 0.250. The molecule has 1 aliphatic rings. The molecular formula is C24H22N4O4S. The predicted molar refractivity (Wildman–Crippen MR) is 127 cm³/mol. The molecule has 0 atom stereocenters. The molecule has 1 aliphatic heterocycles. The molecule has 0 unspecified atom stereocenters. The standard InChI is InChI=1S/C24H22N4O4S/c1-13-4-6-17(14(2)10-13)21-23-22(25-15(3)33-23)24(30)28(27-21)12-20(29)26-16-5-7-18-19(11-16)32-9-8-31-18/h4-7,10-11H,8-9,12H2,1-3H3,(H,26,29). The Morgan fingerprint density at radius 3 is 2.67 bits per heavy atom. The number of hydrogen-bond acceptors (Lipinski definition) is 7. The van der Waals surface area contributed by atoms with Crippen molar-refractivity contribution >= 4 is 33.1 Å². The molecule has 9 heteroatoms. The lowest BCUT2D eigenvalue weighted by Crippen LogP contribution is -2.30. The third-order valence-corrected chi connectivity index (χ3v) is 6.34. The van der Waals surface area contributed by atoms with Crippen molar-refractivity contribution in [2.45, 2.75) is 27.3 Å². The molecule has 2 aromatic heterocycles. The van der Waals surface area contributed by atoms with Crippen LogP contribution in [0.3, 0.4) is 0 Å². The Hall–Kier alpha value is -3.72. The van der Waals surface area contributed by atoms with Crippen molar-refractivity contribution in [2.75, 3.05) is 18.5 Å². The molecule has 0 bridgehead atoms. The van der Waals surface area contributed by atoms with Crippen LogP contribution in [0.4, 0.5) is 5.69 Å². The molecule has 0 radical (unpaired) electrons. The van der Waals surface area contributed by atoms with Crippen LogP contribution in [0.2, 0.25) is 0 Å². The van der Waals surface area contributed by atoms with Crippen LogP contribution in [0.15, 0.2) is 41.2 Å². The number of nitrogens with one attached hydrogen (secondary N) is 1. The third-order valence-electron chi connectivity index (χ3n) is 5.36. The van der Waals surface area contributed by atoms with E-state index in [0.717, 1.165) is 26.4 Å². The van der Waals surface area contributed by atoms with E-state index >= 15 is 0 Å². The number of carbonyl (C=O) groups excluding carboxylic acids is 1. The summed E-state index contributed by atoms with van der Waals surface area (Å²) in [5, 5.41) is 8.17. The Morgan fingerprint density at radius 2 is 1.88 bits per heavy atom. The van der Waals surface area contributed by atoms with Gasteiger partial charge in [0.1, 0.15) is 25.5 Å². The fourth-order valence-electron chi connectivity index (χ4n) is 3.89. The molecule has 0 aliphatic carbocycles. The summed E-state index contributed by atoms with van der Waals surface area (Å²) in [6.07, 6.45) is 0. The third kappa shape index (κ3) is 4.07. The summed E-state index contributed by atoms with van der Waals surface area (Å²) in [6.45, 7) is 6.60. The molecule has 8 nitrogen and oxygen atoms in total. The van der Waals surface area contributed by atoms with Crippen molar-refractivity contribution in [3.63, 3.8) is 0 Å². The van der Waals surface area contributed by atoms with Crippen LogP contribution >= 0.6 is 11.3 Å². The molecular weight excluding hydrogens is 440 g/mol. The lowest BCUT2D eigenvalue weighted by Gasteiger charge is -2.19. The smallest absolute Gasteiger partial charge is 0.294 e. The van der Waals surface area contributed by atoms with Gasteiger partial charge in [-0.3, -0.25) is 9.59 Å². The maximum atomic E-state index is 13.1. The number of fused-ring (bicyclic) bond motifs is 2. The van der Waals surface area contributed by atoms with Gasteiger partial charge in [0, 0.05) is 17.3 Å². The summed E-state index contributed by atoms with van der Waals surface area (Å²) in [5.74, 6) is 0.838. The topological polar surface area (TPSA) is 95.3 Å². The zero-order valence-electron chi connectivity index (χ0n) is 18.5. The van der Waals surface area contributed by atoms with E-state index in [4.69, 9.17) is 9.47 Å². The molecule has 0 saturated carbocycles. The average molecular weight is 463 g/mol. The van der Waals surface area contributed by atoms with Gasteiger partial charge in [-0.25, -0.2) is 9.67 Å². The minimum Gasteiger partial charge on any atom is -0.486 e. The lowest BCUT2D eigenvalue weighted by molar-refractivity contribution is -0.117. The van der Waals surface area contributed by atoms with Crippen LogP contribution in [0.1, 0.15) is 16.1 Å². The largest absolute Gasteiger partial charge is 0.486 e. The fourth-order valence-corrected chi connectivity index (χ4v) is 4.80. The number of hydrogen-bond donors (Lipinski definition) is 1. The maximum Gasteiger partial charge on any atom is 0.294 e. The molecule has 0 saturated heterocycles. The van der Waals surface area contributed by atoms with E-state index in [1.807, 2.05) is 32.9 Å². The highest BCUT2D eigenvalue weighted by atomic mass is 32.1. The highest BCUT2D eigenvalue weighted by Crippen LogP contribution is 2.33. The van der Waals surface area contributed by atoms with Gasteiger partial charge in [0.15, 0.2) is 17.0 Å². The molecule has 168 valence electrons. The van der Waals surface area contributed by atoms with Gasteiger partial charge in [0.2, 0.25) is 5.91 Å². The second-order valence-electron chi connectivity index (χ2n) is 7.95. The highest BCUT2D eigenvalue weighted by Gasteiger charge is 2.19. The summed E-state index contributed by atoms with van der Waals surface area (Å²) < 4.78 is 13.0. The zero-order valence-corrected chi connectivity index (χ0v) is 19.3. The van der Waals surface area contributed by atoms with Gasteiger partial charge in [0.25, 0.3) is 5.56 Å². The van der Waals surface area contributed by atoms with Gasteiger partial charge in [-0.1, -0.05) is 23.8 Å². The number of amides is 1. The van der Waals surface area contributed by atoms with E-state index in [-0.39, 0.29) is 18.0 Å². The van der Waals surface area contributed by atoms with E-state index in [1.54, 1.807) is 18.2 Å². The van der Waals surface area contributed by atoms with E-state index in [0.29, 0.717) is 41.6 Å². The normalized spacial score (nSPS) is 12.7. The number of aromatic nitrogens is 3. The van der Waals surface area contributed by atoms with Gasteiger partial charge in [-0.2, -0.15) is 5.10 Å². The number of benzene rings is 2. The number of aryl methyl sites for hydroxylation is 3. The molecule has 2 aromatic carbocycles. The molecule has 0 spiro atoms. The molecule has 4 aromatic rings. The number of nitrogens with zero attached hydrogens (tertiary/aromatic N) is 3. The van der Waals surface area contributed by atoms with Gasteiger partial charge in [-0.05, 0) is 38.5 Å². The number of rotatable bonds is 4. The minimum atomic E-state index is -0.389. The van der Waals surface area contributed by atoms with Crippen LogP contribution in [0.5, 0.6) is 11.5 Å². The van der Waals surface area contributed by atoms with Crippen LogP contribution in [-0.4, -0.2) is 33.9 Å². The van der Waals surface area contributed by atoms with Crippen molar-refractivity contribution in [3.8, 4) is 22.8 Å². The highest BCUT2D eigenvalue weighted by molar-refractivity contribution is 7.19. The summed E-state index contributed by atoms with van der Waals surface area (Å²) in [4.78, 5) is 30.3. The van der Waals surface area contributed by atoms with Crippen molar-refractivity contribution in [3.05, 3.63) is 62.9 Å². The van der Waals surface area contributed by atoms with Crippen molar-refractivity contribution in [1.29, 1.82) is 0 Å². The Bertz CT molecular complexity index is 1460. The Labute approximate surface area is 193 Å². The summed E-state index contributed by atoms with van der Waals surface area (Å²) in [6, 6.07) is 11.3. The Balaban J connectivity index is 1.50. The molecule has 1 amide bonds. The van der Waals surface area contributed by atoms with Crippen LogP contribution in [0, 0.1) is 20.8 Å². The monoisotopic (exact) mass is 462 g/mol. The second kappa shape index (κ2) is 8.32. The maximum absolute atomic E-state index is 13.1. The second-order valence-corrected chi connectivity index (χ2v) is 9.15. The van der Waals surface area contributed by atoms with E-state index < -0.39 is 0 Å². The number of thiazole rings is 1. The first-order valence-electron chi connectivity index (χ1n) is 10.5. The number of carbonyl (C=O) groups is 1.